The van der Waals surface area contributed by atoms with Crippen LogP contribution in [0, 0.1) is 0 Å². The first kappa shape index (κ1) is 19.1. The van der Waals surface area contributed by atoms with Gasteiger partial charge in [-0.05, 0) is 31.0 Å². The quantitative estimate of drug-likeness (QED) is 0.649. The first-order valence-corrected chi connectivity index (χ1v) is 9.98. The lowest BCUT2D eigenvalue weighted by atomic mass is 10.1. The molecular formula is C23H25N3O3. The van der Waals surface area contributed by atoms with Crippen LogP contribution in [-0.4, -0.2) is 33.3 Å². The van der Waals surface area contributed by atoms with Gasteiger partial charge < -0.3 is 9.64 Å². The molecule has 0 saturated carbocycles. The van der Waals surface area contributed by atoms with Crippen molar-refractivity contribution in [3.05, 3.63) is 87.8 Å². The Kier molecular flexibility index (Phi) is 5.51. The molecule has 0 unspecified atom stereocenters. The molecule has 0 bridgehead atoms. The number of hydrogen-bond acceptors (Lipinski definition) is 3. The van der Waals surface area contributed by atoms with Gasteiger partial charge >= 0.3 is 0 Å². The minimum Gasteiger partial charge on any atom is -0.484 e. The van der Waals surface area contributed by atoms with Crippen molar-refractivity contribution in [2.24, 2.45) is 0 Å². The van der Waals surface area contributed by atoms with Gasteiger partial charge in [-0.3, -0.25) is 14.3 Å². The molecule has 29 heavy (non-hydrogen) atoms. The molecule has 0 aliphatic carbocycles. The third kappa shape index (κ3) is 3.97. The van der Waals surface area contributed by atoms with Crippen LogP contribution >= 0.6 is 0 Å². The lowest BCUT2D eigenvalue weighted by molar-refractivity contribution is -0.134. The summed E-state index contributed by atoms with van der Waals surface area (Å²) in [5, 5.41) is 0. The van der Waals surface area contributed by atoms with Gasteiger partial charge in [0.25, 0.3) is 11.5 Å². The largest absolute Gasteiger partial charge is 0.484 e. The standard InChI is InChI=1S/C23H25N3O3/c1-2-25-21-16-24(22(27)17-29-19-11-7-4-8-12-19)14-13-20(21)23(28)26(25)15-18-9-5-3-6-10-18/h3-12H,2,13-17H2,1H3. The van der Waals surface area contributed by atoms with Gasteiger partial charge in [0.05, 0.1) is 18.8 Å². The van der Waals surface area contributed by atoms with Crippen molar-refractivity contribution < 1.29 is 9.53 Å². The highest BCUT2D eigenvalue weighted by Crippen LogP contribution is 2.19. The van der Waals surface area contributed by atoms with Crippen LogP contribution < -0.4 is 10.3 Å². The summed E-state index contributed by atoms with van der Waals surface area (Å²) in [5.41, 5.74) is 2.91. The van der Waals surface area contributed by atoms with Crippen LogP contribution in [0.4, 0.5) is 0 Å². The Morgan fingerprint density at radius 2 is 1.69 bits per heavy atom. The monoisotopic (exact) mass is 391 g/mol. The first-order chi connectivity index (χ1) is 14.2. The molecule has 0 spiro atoms. The summed E-state index contributed by atoms with van der Waals surface area (Å²) in [6, 6.07) is 19.3. The number of nitrogens with zero attached hydrogens (tertiary/aromatic N) is 3. The summed E-state index contributed by atoms with van der Waals surface area (Å²) in [6.07, 6.45) is 0.576. The summed E-state index contributed by atoms with van der Waals surface area (Å²) < 4.78 is 9.42. The van der Waals surface area contributed by atoms with Gasteiger partial charge in [0, 0.05) is 18.7 Å². The Balaban J connectivity index is 1.52. The highest BCUT2D eigenvalue weighted by atomic mass is 16.5. The minimum atomic E-state index is -0.0644. The number of amides is 1. The average molecular weight is 391 g/mol. The Morgan fingerprint density at radius 3 is 2.38 bits per heavy atom. The summed E-state index contributed by atoms with van der Waals surface area (Å²) in [6.45, 7) is 4.22. The van der Waals surface area contributed by atoms with E-state index in [1.165, 1.54) is 0 Å². The summed E-state index contributed by atoms with van der Waals surface area (Å²) in [5.74, 6) is 0.614. The Bertz CT molecular complexity index is 1040. The predicted molar refractivity (Wildman–Crippen MR) is 111 cm³/mol. The molecule has 4 rings (SSSR count). The topological polar surface area (TPSA) is 56.5 Å². The van der Waals surface area contributed by atoms with Crippen LogP contribution in [0.5, 0.6) is 5.75 Å². The van der Waals surface area contributed by atoms with E-state index < -0.39 is 0 Å². The normalized spacial score (nSPS) is 13.2. The minimum absolute atomic E-state index is 0.000424. The van der Waals surface area contributed by atoms with E-state index in [0.29, 0.717) is 38.3 Å². The molecule has 3 aromatic rings. The molecule has 2 heterocycles. The van der Waals surface area contributed by atoms with E-state index in [0.717, 1.165) is 16.8 Å². The van der Waals surface area contributed by atoms with Gasteiger partial charge in [0.1, 0.15) is 5.75 Å². The maximum atomic E-state index is 13.0. The lowest BCUT2D eigenvalue weighted by Crippen LogP contribution is -2.40. The van der Waals surface area contributed by atoms with Crippen molar-refractivity contribution >= 4 is 5.91 Å². The molecule has 2 aromatic carbocycles. The molecule has 1 amide bonds. The Morgan fingerprint density at radius 1 is 1.00 bits per heavy atom. The van der Waals surface area contributed by atoms with Gasteiger partial charge in [-0.1, -0.05) is 48.5 Å². The summed E-state index contributed by atoms with van der Waals surface area (Å²) in [4.78, 5) is 27.5. The van der Waals surface area contributed by atoms with Crippen LogP contribution in [-0.2, 0) is 30.8 Å². The number of carbonyl (C=O) groups is 1. The molecule has 0 fully saturated rings. The van der Waals surface area contributed by atoms with E-state index in [2.05, 4.69) is 0 Å². The first-order valence-electron chi connectivity index (χ1n) is 9.98. The predicted octanol–water partition coefficient (Wildman–Crippen LogP) is 2.68. The second-order valence-electron chi connectivity index (χ2n) is 7.16. The number of carbonyl (C=O) groups excluding carboxylic acids is 1. The SMILES string of the molecule is CCn1c2c(c(=O)n1Cc1ccccc1)CCN(C(=O)COc1ccccc1)C2. The number of benzene rings is 2. The fourth-order valence-electron chi connectivity index (χ4n) is 3.87. The number of hydrogen-bond donors (Lipinski definition) is 0. The highest BCUT2D eigenvalue weighted by molar-refractivity contribution is 5.78. The number of rotatable bonds is 6. The van der Waals surface area contributed by atoms with Gasteiger partial charge in [-0.25, -0.2) is 4.68 Å². The maximum Gasteiger partial charge on any atom is 0.270 e. The van der Waals surface area contributed by atoms with Gasteiger partial charge in [0.2, 0.25) is 0 Å². The van der Waals surface area contributed by atoms with Crippen LogP contribution in [0.3, 0.4) is 0 Å². The van der Waals surface area contributed by atoms with Gasteiger partial charge in [-0.15, -0.1) is 0 Å². The van der Waals surface area contributed by atoms with E-state index in [1.807, 2.05) is 72.3 Å². The average Bonchev–Trinajstić information content (AvgIpc) is 3.03. The number of fused-ring (bicyclic) bond motifs is 1. The van der Waals surface area contributed by atoms with E-state index >= 15 is 0 Å². The zero-order chi connectivity index (χ0) is 20.2. The third-order valence-corrected chi connectivity index (χ3v) is 5.35. The van der Waals surface area contributed by atoms with Gasteiger partial charge in [0.15, 0.2) is 6.61 Å². The molecular weight excluding hydrogens is 366 g/mol. The molecule has 1 aliphatic rings. The fraction of sp³-hybridized carbons (Fsp3) is 0.304. The van der Waals surface area contributed by atoms with Crippen molar-refractivity contribution in [2.45, 2.75) is 33.0 Å². The zero-order valence-corrected chi connectivity index (χ0v) is 16.6. The Labute approximate surface area is 169 Å². The fourth-order valence-corrected chi connectivity index (χ4v) is 3.87. The van der Waals surface area contributed by atoms with E-state index in [-0.39, 0.29) is 18.1 Å². The molecule has 0 saturated heterocycles. The molecule has 1 aromatic heterocycles. The molecule has 0 N–H and O–H groups in total. The van der Waals surface area contributed by atoms with Crippen molar-refractivity contribution in [1.29, 1.82) is 0 Å². The van der Waals surface area contributed by atoms with Crippen molar-refractivity contribution in [3.8, 4) is 5.75 Å². The lowest BCUT2D eigenvalue weighted by Gasteiger charge is -2.27. The van der Waals surface area contributed by atoms with Crippen molar-refractivity contribution in [3.63, 3.8) is 0 Å². The highest BCUT2D eigenvalue weighted by Gasteiger charge is 2.28. The van der Waals surface area contributed by atoms with E-state index in [1.54, 1.807) is 9.58 Å². The second kappa shape index (κ2) is 8.39. The molecule has 1 aliphatic heterocycles. The third-order valence-electron chi connectivity index (χ3n) is 5.35. The van der Waals surface area contributed by atoms with Gasteiger partial charge in [-0.2, -0.15) is 0 Å². The van der Waals surface area contributed by atoms with Crippen molar-refractivity contribution in [1.82, 2.24) is 14.3 Å². The summed E-state index contributed by atoms with van der Waals surface area (Å²) >= 11 is 0. The molecule has 0 atom stereocenters. The van der Waals surface area contributed by atoms with E-state index in [4.69, 9.17) is 4.74 Å². The summed E-state index contributed by atoms with van der Waals surface area (Å²) in [7, 11) is 0. The molecule has 150 valence electrons. The molecule has 6 nitrogen and oxygen atoms in total. The van der Waals surface area contributed by atoms with E-state index in [9.17, 15) is 9.59 Å². The maximum absolute atomic E-state index is 13.0. The zero-order valence-electron chi connectivity index (χ0n) is 16.6. The second-order valence-corrected chi connectivity index (χ2v) is 7.16. The van der Waals surface area contributed by atoms with Crippen molar-refractivity contribution in [2.75, 3.05) is 13.2 Å². The van der Waals surface area contributed by atoms with Crippen LogP contribution in [0.15, 0.2) is 65.5 Å². The number of para-hydroxylation sites is 1. The van der Waals surface area contributed by atoms with Crippen LogP contribution in [0.2, 0.25) is 0 Å². The smallest absolute Gasteiger partial charge is 0.270 e. The van der Waals surface area contributed by atoms with Crippen LogP contribution in [0.1, 0.15) is 23.7 Å². The molecule has 6 heteroatoms. The Hall–Kier alpha value is -3.28. The number of aromatic nitrogens is 2. The van der Waals surface area contributed by atoms with Crippen LogP contribution in [0.25, 0.3) is 0 Å². The molecule has 0 radical (unpaired) electrons. The number of ether oxygens (including phenoxy) is 1.